The van der Waals surface area contributed by atoms with Crippen LogP contribution < -0.4 is 0 Å². The summed E-state index contributed by atoms with van der Waals surface area (Å²) in [4.78, 5) is 27.6. The molecule has 0 saturated carbocycles. The van der Waals surface area contributed by atoms with E-state index in [1.165, 1.54) is 18.3 Å². The average Bonchev–Trinajstić information content (AvgIpc) is 2.28. The van der Waals surface area contributed by atoms with Crippen molar-refractivity contribution >= 4 is 11.9 Å². The second-order valence-electron chi connectivity index (χ2n) is 3.46. The third kappa shape index (κ3) is 2.79. The summed E-state index contributed by atoms with van der Waals surface area (Å²) in [5.41, 5.74) is 0.343. The summed E-state index contributed by atoms with van der Waals surface area (Å²) in [6.07, 6.45) is 2.17. The Labute approximate surface area is 93.7 Å². The molecule has 0 spiro atoms. The van der Waals surface area contributed by atoms with E-state index in [9.17, 15) is 9.59 Å². The minimum Gasteiger partial charge on any atom is -0.477 e. The number of aromatic carboxylic acids is 1. The van der Waals surface area contributed by atoms with E-state index in [1.807, 2.05) is 6.92 Å². The SMILES string of the molecule is CCCN(C)C(=O)c1ccc(C(=O)O)nc1. The average molecular weight is 222 g/mol. The molecule has 0 bridgehead atoms. The molecule has 0 radical (unpaired) electrons. The molecule has 0 aliphatic rings. The molecule has 0 fully saturated rings. The van der Waals surface area contributed by atoms with Crippen LogP contribution in [0.2, 0.25) is 0 Å². The number of nitrogens with zero attached hydrogens (tertiary/aromatic N) is 2. The number of carbonyl (C=O) groups excluding carboxylic acids is 1. The van der Waals surface area contributed by atoms with E-state index in [0.29, 0.717) is 12.1 Å². The van der Waals surface area contributed by atoms with Crippen molar-refractivity contribution in [3.63, 3.8) is 0 Å². The molecule has 16 heavy (non-hydrogen) atoms. The molecule has 1 rings (SSSR count). The smallest absolute Gasteiger partial charge is 0.354 e. The van der Waals surface area contributed by atoms with Gasteiger partial charge in [-0.15, -0.1) is 0 Å². The highest BCUT2D eigenvalue weighted by Crippen LogP contribution is 2.04. The van der Waals surface area contributed by atoms with Crippen molar-refractivity contribution in [2.75, 3.05) is 13.6 Å². The second kappa shape index (κ2) is 5.25. The lowest BCUT2D eigenvalue weighted by molar-refractivity contribution is 0.0688. The van der Waals surface area contributed by atoms with Gasteiger partial charge in [-0.25, -0.2) is 9.78 Å². The van der Waals surface area contributed by atoms with Gasteiger partial charge in [0, 0.05) is 19.8 Å². The Balaban J connectivity index is 2.81. The van der Waals surface area contributed by atoms with Crippen LogP contribution in [0.15, 0.2) is 18.3 Å². The summed E-state index contributed by atoms with van der Waals surface area (Å²) < 4.78 is 0. The Hall–Kier alpha value is -1.91. The molecule has 5 heteroatoms. The predicted octanol–water partition coefficient (Wildman–Crippen LogP) is 1.26. The lowest BCUT2D eigenvalue weighted by Gasteiger charge is -2.15. The summed E-state index contributed by atoms with van der Waals surface area (Å²) in [5, 5.41) is 8.65. The van der Waals surface area contributed by atoms with Gasteiger partial charge in [0.15, 0.2) is 0 Å². The van der Waals surface area contributed by atoms with Gasteiger partial charge < -0.3 is 10.0 Å². The predicted molar refractivity (Wildman–Crippen MR) is 58.4 cm³/mol. The lowest BCUT2D eigenvalue weighted by Crippen LogP contribution is -2.27. The molecule has 0 saturated heterocycles. The highest BCUT2D eigenvalue weighted by molar-refractivity contribution is 5.94. The molecule has 5 nitrogen and oxygen atoms in total. The van der Waals surface area contributed by atoms with Crippen LogP contribution >= 0.6 is 0 Å². The van der Waals surface area contributed by atoms with Crippen molar-refractivity contribution in [3.05, 3.63) is 29.6 Å². The minimum atomic E-state index is -1.10. The van der Waals surface area contributed by atoms with E-state index in [1.54, 1.807) is 11.9 Å². The maximum atomic E-state index is 11.8. The van der Waals surface area contributed by atoms with Gasteiger partial charge in [-0.2, -0.15) is 0 Å². The van der Waals surface area contributed by atoms with Crippen molar-refractivity contribution in [1.29, 1.82) is 0 Å². The van der Waals surface area contributed by atoms with Gasteiger partial charge in [0.1, 0.15) is 5.69 Å². The zero-order valence-corrected chi connectivity index (χ0v) is 9.30. The van der Waals surface area contributed by atoms with Crippen LogP contribution in [0, 0.1) is 0 Å². The third-order valence-corrected chi connectivity index (χ3v) is 2.14. The summed E-state index contributed by atoms with van der Waals surface area (Å²) in [7, 11) is 1.71. The Morgan fingerprint density at radius 3 is 2.56 bits per heavy atom. The normalized spacial score (nSPS) is 9.88. The fraction of sp³-hybridized carbons (Fsp3) is 0.364. The first-order valence-electron chi connectivity index (χ1n) is 5.01. The summed E-state index contributed by atoms with van der Waals surface area (Å²) in [6, 6.07) is 2.81. The first-order valence-corrected chi connectivity index (χ1v) is 5.01. The molecule has 1 heterocycles. The van der Waals surface area contributed by atoms with Crippen LogP contribution in [-0.4, -0.2) is 40.5 Å². The fourth-order valence-electron chi connectivity index (χ4n) is 1.30. The number of carbonyl (C=O) groups is 2. The molecule has 0 unspecified atom stereocenters. The molecule has 0 aromatic carbocycles. The molecule has 0 aliphatic heterocycles. The topological polar surface area (TPSA) is 70.5 Å². The Morgan fingerprint density at radius 1 is 1.44 bits per heavy atom. The van der Waals surface area contributed by atoms with Gasteiger partial charge in [0.2, 0.25) is 0 Å². The van der Waals surface area contributed by atoms with Crippen molar-refractivity contribution in [3.8, 4) is 0 Å². The van der Waals surface area contributed by atoms with Gasteiger partial charge in [-0.3, -0.25) is 4.79 Å². The number of rotatable bonds is 4. The molecule has 0 atom stereocenters. The van der Waals surface area contributed by atoms with Crippen LogP contribution in [0.25, 0.3) is 0 Å². The lowest BCUT2D eigenvalue weighted by atomic mass is 10.2. The number of hydrogen-bond donors (Lipinski definition) is 1. The maximum Gasteiger partial charge on any atom is 0.354 e. The van der Waals surface area contributed by atoms with Crippen LogP contribution in [-0.2, 0) is 0 Å². The number of hydrogen-bond acceptors (Lipinski definition) is 3. The number of amides is 1. The van der Waals surface area contributed by atoms with Crippen molar-refractivity contribution < 1.29 is 14.7 Å². The quantitative estimate of drug-likeness (QED) is 0.832. The molecule has 86 valence electrons. The first kappa shape index (κ1) is 12.2. The maximum absolute atomic E-state index is 11.8. The largest absolute Gasteiger partial charge is 0.477 e. The van der Waals surface area contributed by atoms with Gasteiger partial charge >= 0.3 is 5.97 Å². The third-order valence-electron chi connectivity index (χ3n) is 2.14. The van der Waals surface area contributed by atoms with Crippen LogP contribution in [0.3, 0.4) is 0 Å². The summed E-state index contributed by atoms with van der Waals surface area (Å²) >= 11 is 0. The van der Waals surface area contributed by atoms with Gasteiger partial charge in [0.25, 0.3) is 5.91 Å². The van der Waals surface area contributed by atoms with E-state index in [2.05, 4.69) is 4.98 Å². The zero-order valence-electron chi connectivity index (χ0n) is 9.30. The Morgan fingerprint density at radius 2 is 2.12 bits per heavy atom. The van der Waals surface area contributed by atoms with Gasteiger partial charge in [-0.1, -0.05) is 6.92 Å². The number of aromatic nitrogens is 1. The fourth-order valence-corrected chi connectivity index (χ4v) is 1.30. The van der Waals surface area contributed by atoms with Crippen molar-refractivity contribution in [2.45, 2.75) is 13.3 Å². The molecular formula is C11H14N2O3. The Bertz CT molecular complexity index is 387. The Kier molecular flexibility index (Phi) is 3.99. The number of carboxylic acids is 1. The number of pyridine rings is 1. The van der Waals surface area contributed by atoms with Crippen molar-refractivity contribution in [1.82, 2.24) is 9.88 Å². The van der Waals surface area contributed by atoms with Crippen molar-refractivity contribution in [2.24, 2.45) is 0 Å². The second-order valence-corrected chi connectivity index (χ2v) is 3.46. The van der Waals surface area contributed by atoms with E-state index in [4.69, 9.17) is 5.11 Å². The highest BCUT2D eigenvalue weighted by atomic mass is 16.4. The van der Waals surface area contributed by atoms with Gasteiger partial charge in [-0.05, 0) is 18.6 Å². The monoisotopic (exact) mass is 222 g/mol. The van der Waals surface area contributed by atoms with E-state index in [0.717, 1.165) is 6.42 Å². The standard InChI is InChI=1S/C11H14N2O3/c1-3-6-13(2)10(14)8-4-5-9(11(15)16)12-7-8/h4-5,7H,3,6H2,1-2H3,(H,15,16). The summed E-state index contributed by atoms with van der Waals surface area (Å²) in [6.45, 7) is 2.65. The molecule has 1 aromatic rings. The molecule has 0 aliphatic carbocycles. The van der Waals surface area contributed by atoms with Gasteiger partial charge in [0.05, 0.1) is 5.56 Å². The van der Waals surface area contributed by atoms with Crippen LogP contribution in [0.4, 0.5) is 0 Å². The van der Waals surface area contributed by atoms with E-state index < -0.39 is 5.97 Å². The van der Waals surface area contributed by atoms with E-state index >= 15 is 0 Å². The minimum absolute atomic E-state index is 0.0605. The first-order chi connectivity index (χ1) is 7.56. The number of carboxylic acid groups (broad SMARTS) is 1. The van der Waals surface area contributed by atoms with Crippen LogP contribution in [0.5, 0.6) is 0 Å². The highest BCUT2D eigenvalue weighted by Gasteiger charge is 2.12. The molecule has 1 aromatic heterocycles. The van der Waals surface area contributed by atoms with E-state index in [-0.39, 0.29) is 11.6 Å². The molecule has 1 N–H and O–H groups in total. The van der Waals surface area contributed by atoms with Crippen LogP contribution in [0.1, 0.15) is 34.2 Å². The zero-order chi connectivity index (χ0) is 12.1. The summed E-state index contributed by atoms with van der Waals surface area (Å²) in [5.74, 6) is -1.24. The molecule has 1 amide bonds. The molecular weight excluding hydrogens is 208 g/mol.